The van der Waals surface area contributed by atoms with Crippen LogP contribution in [0.4, 0.5) is 5.82 Å². The second-order valence-corrected chi connectivity index (χ2v) is 12.7. The normalized spacial score (nSPS) is 18.9. The SMILES string of the molecule is COc1cccc2c1CC[C@H]2Nc1nccc2cc(-c3c4c(nc(C(C)C)c3-c3n[nH]c(=O)o3)[C@@H]3CCCN3C4=O)sc12. The first-order valence-electron chi connectivity index (χ1n) is 14.7. The Morgan fingerprint density at radius 2 is 2.05 bits per heavy atom. The maximum absolute atomic E-state index is 14.0. The van der Waals surface area contributed by atoms with Gasteiger partial charge in [-0.25, -0.2) is 14.9 Å². The van der Waals surface area contributed by atoms with Gasteiger partial charge in [-0.2, -0.15) is 0 Å². The van der Waals surface area contributed by atoms with Crippen molar-refractivity contribution in [1.29, 1.82) is 0 Å². The van der Waals surface area contributed by atoms with Crippen LogP contribution in [-0.2, 0) is 6.42 Å². The van der Waals surface area contributed by atoms with Gasteiger partial charge in [-0.3, -0.25) is 9.78 Å². The van der Waals surface area contributed by atoms with Gasteiger partial charge in [0.15, 0.2) is 0 Å². The second-order valence-electron chi connectivity index (χ2n) is 11.7. The molecule has 10 nitrogen and oxygen atoms in total. The number of hydrogen-bond acceptors (Lipinski definition) is 9. The molecule has 2 atom stereocenters. The molecular weight excluding hydrogens is 564 g/mol. The van der Waals surface area contributed by atoms with E-state index in [2.05, 4.69) is 41.5 Å². The van der Waals surface area contributed by atoms with E-state index in [9.17, 15) is 9.59 Å². The van der Waals surface area contributed by atoms with E-state index in [0.29, 0.717) is 17.7 Å². The minimum atomic E-state index is -0.649. The molecule has 0 unspecified atom stereocenters. The molecule has 11 heteroatoms. The highest BCUT2D eigenvalue weighted by Gasteiger charge is 2.45. The third kappa shape index (κ3) is 3.94. The maximum atomic E-state index is 14.0. The van der Waals surface area contributed by atoms with Crippen LogP contribution in [0.3, 0.4) is 0 Å². The van der Waals surface area contributed by atoms with E-state index in [1.54, 1.807) is 18.4 Å². The first-order chi connectivity index (χ1) is 20.9. The van der Waals surface area contributed by atoms with Crippen molar-refractivity contribution in [2.75, 3.05) is 19.0 Å². The number of benzene rings is 1. The lowest BCUT2D eigenvalue weighted by molar-refractivity contribution is 0.0776. The van der Waals surface area contributed by atoms with Crippen LogP contribution in [0.15, 0.2) is 45.7 Å². The minimum absolute atomic E-state index is 0.000643. The lowest BCUT2D eigenvalue weighted by atomic mass is 9.91. The van der Waals surface area contributed by atoms with Gasteiger partial charge >= 0.3 is 5.76 Å². The summed E-state index contributed by atoms with van der Waals surface area (Å²) >= 11 is 1.58. The fourth-order valence-electron chi connectivity index (χ4n) is 7.05. The largest absolute Gasteiger partial charge is 0.496 e. The molecule has 3 aliphatic rings. The molecule has 0 saturated carbocycles. The number of nitrogens with one attached hydrogen (secondary N) is 2. The highest BCUT2D eigenvalue weighted by atomic mass is 32.1. The number of fused-ring (bicyclic) bond motifs is 5. The summed E-state index contributed by atoms with van der Waals surface area (Å²) in [5, 5.41) is 11.3. The van der Waals surface area contributed by atoms with Crippen LogP contribution in [0.25, 0.3) is 32.0 Å². The highest BCUT2D eigenvalue weighted by molar-refractivity contribution is 7.23. The summed E-state index contributed by atoms with van der Waals surface area (Å²) in [5.41, 5.74) is 5.94. The number of H-pyrrole nitrogens is 1. The molecule has 4 aromatic heterocycles. The Balaban J connectivity index is 1.32. The van der Waals surface area contributed by atoms with Gasteiger partial charge in [-0.05, 0) is 66.3 Å². The number of methoxy groups -OCH3 is 1. The van der Waals surface area contributed by atoms with Gasteiger partial charge in [0.25, 0.3) is 11.8 Å². The van der Waals surface area contributed by atoms with Crippen molar-refractivity contribution in [2.24, 2.45) is 0 Å². The average molecular weight is 595 g/mol. The van der Waals surface area contributed by atoms with Crippen molar-refractivity contribution in [3.63, 3.8) is 0 Å². The Bertz CT molecular complexity index is 1990. The molecule has 1 aliphatic carbocycles. The van der Waals surface area contributed by atoms with Crippen molar-refractivity contribution < 1.29 is 13.9 Å². The molecular formula is C32H30N6O4S. The van der Waals surface area contributed by atoms with Gasteiger partial charge in [0.2, 0.25) is 0 Å². The van der Waals surface area contributed by atoms with Crippen LogP contribution >= 0.6 is 11.3 Å². The van der Waals surface area contributed by atoms with Crippen molar-refractivity contribution in [3.05, 3.63) is 75.2 Å². The van der Waals surface area contributed by atoms with Crippen molar-refractivity contribution >= 4 is 33.1 Å². The molecule has 1 fully saturated rings. The zero-order valence-corrected chi connectivity index (χ0v) is 24.9. The molecule has 6 heterocycles. The Kier molecular flexibility index (Phi) is 5.94. The van der Waals surface area contributed by atoms with Gasteiger partial charge in [-0.1, -0.05) is 26.0 Å². The molecule has 8 rings (SSSR count). The Hall–Kier alpha value is -4.51. The zero-order valence-electron chi connectivity index (χ0n) is 24.1. The summed E-state index contributed by atoms with van der Waals surface area (Å²) in [4.78, 5) is 38.7. The quantitative estimate of drug-likeness (QED) is 0.237. The van der Waals surface area contributed by atoms with E-state index in [1.165, 1.54) is 11.1 Å². The monoisotopic (exact) mass is 594 g/mol. The van der Waals surface area contributed by atoms with Crippen LogP contribution in [0.2, 0.25) is 0 Å². The van der Waals surface area contributed by atoms with Crippen molar-refractivity contribution in [2.45, 2.75) is 57.5 Å². The summed E-state index contributed by atoms with van der Waals surface area (Å²) in [6, 6.07) is 10.4. The summed E-state index contributed by atoms with van der Waals surface area (Å²) in [7, 11) is 1.71. The molecule has 43 heavy (non-hydrogen) atoms. The Morgan fingerprint density at radius 3 is 2.84 bits per heavy atom. The number of anilines is 1. The first-order valence-corrected chi connectivity index (χ1v) is 15.5. The fraction of sp³-hybridized carbons (Fsp3) is 0.344. The zero-order chi connectivity index (χ0) is 29.4. The summed E-state index contributed by atoms with van der Waals surface area (Å²) in [6.07, 6.45) is 5.53. The number of pyridine rings is 2. The van der Waals surface area contributed by atoms with Gasteiger partial charge in [0.05, 0.1) is 46.4 Å². The minimum Gasteiger partial charge on any atom is -0.496 e. The predicted molar refractivity (Wildman–Crippen MR) is 164 cm³/mol. The van der Waals surface area contributed by atoms with Crippen LogP contribution < -0.4 is 15.8 Å². The van der Waals surface area contributed by atoms with Gasteiger partial charge in [0, 0.05) is 23.2 Å². The molecule has 1 aromatic carbocycles. The van der Waals surface area contributed by atoms with Crippen molar-refractivity contribution in [3.8, 4) is 27.6 Å². The summed E-state index contributed by atoms with van der Waals surface area (Å²) < 4.78 is 12.1. The Morgan fingerprint density at radius 1 is 1.16 bits per heavy atom. The van der Waals surface area contributed by atoms with Crippen LogP contribution in [-0.4, -0.2) is 44.6 Å². The molecule has 1 saturated heterocycles. The number of hydrogen-bond donors (Lipinski definition) is 2. The number of amides is 1. The third-order valence-corrected chi connectivity index (χ3v) is 10.1. The number of nitrogens with zero attached hydrogens (tertiary/aromatic N) is 4. The summed E-state index contributed by atoms with van der Waals surface area (Å²) in [5.74, 6) is 1.18. The molecule has 0 bridgehead atoms. The van der Waals surface area contributed by atoms with Gasteiger partial charge in [0.1, 0.15) is 11.6 Å². The molecule has 5 aromatic rings. The number of carbonyl (C=O) groups is 1. The van der Waals surface area contributed by atoms with Crippen LogP contribution in [0.1, 0.15) is 84.0 Å². The average Bonchev–Trinajstić information content (AvgIpc) is 3.83. The smallest absolute Gasteiger partial charge is 0.434 e. The van der Waals surface area contributed by atoms with Crippen LogP contribution in [0, 0.1) is 0 Å². The van der Waals surface area contributed by atoms with E-state index >= 15 is 0 Å². The van der Waals surface area contributed by atoms with E-state index in [-0.39, 0.29) is 29.8 Å². The van der Waals surface area contributed by atoms with Crippen LogP contribution in [0.5, 0.6) is 5.75 Å². The third-order valence-electron chi connectivity index (χ3n) is 8.93. The molecule has 0 spiro atoms. The molecule has 218 valence electrons. The number of rotatable bonds is 6. The van der Waals surface area contributed by atoms with E-state index < -0.39 is 5.76 Å². The second kappa shape index (κ2) is 9.77. The number of aromatic amines is 1. The molecule has 1 amide bonds. The van der Waals surface area contributed by atoms with E-state index in [4.69, 9.17) is 19.1 Å². The number of thiophene rings is 1. The fourth-order valence-corrected chi connectivity index (χ4v) is 8.22. The lowest BCUT2D eigenvalue weighted by Gasteiger charge is -2.17. The molecule has 2 aliphatic heterocycles. The summed E-state index contributed by atoms with van der Waals surface area (Å²) in [6.45, 7) is 4.82. The van der Waals surface area contributed by atoms with E-state index in [1.807, 2.05) is 29.3 Å². The number of ether oxygens (including phenoxy) is 1. The number of aromatic nitrogens is 4. The predicted octanol–water partition coefficient (Wildman–Crippen LogP) is 6.22. The highest BCUT2D eigenvalue weighted by Crippen LogP contribution is 2.51. The topological polar surface area (TPSA) is 126 Å². The van der Waals surface area contributed by atoms with Gasteiger partial charge < -0.3 is 19.4 Å². The lowest BCUT2D eigenvalue weighted by Crippen LogP contribution is -2.22. The first kappa shape index (κ1) is 26.1. The van der Waals surface area contributed by atoms with Crippen molar-refractivity contribution in [1.82, 2.24) is 25.1 Å². The van der Waals surface area contributed by atoms with Gasteiger partial charge in [-0.15, -0.1) is 16.4 Å². The molecule has 0 radical (unpaired) electrons. The standard InChI is InChI=1S/C32H30N6O4S/c1-15(2)26-24(30-36-37-32(40)42-30)23(25-27(35-26)20-7-5-13-38(20)31(25)39)22-14-16-11-12-33-29(28(16)43-22)34-19-10-9-18-17(19)6-4-8-21(18)41-3/h4,6,8,11-12,14-15,19-20H,5,7,9-10,13H2,1-3H3,(H,33,34)(H,37,40)/t19-,20+/m1/s1. The maximum Gasteiger partial charge on any atom is 0.434 e. The van der Waals surface area contributed by atoms with E-state index in [0.717, 1.165) is 69.2 Å². The Labute approximate surface area is 251 Å². The molecule has 2 N–H and O–H groups in total. The number of carbonyl (C=O) groups excluding carboxylic acids is 1.